The summed E-state index contributed by atoms with van der Waals surface area (Å²) in [7, 11) is -1.78. The van der Waals surface area contributed by atoms with Crippen LogP contribution < -0.4 is 9.46 Å². The van der Waals surface area contributed by atoms with Gasteiger partial charge in [0.2, 0.25) is 5.91 Å². The zero-order valence-corrected chi connectivity index (χ0v) is 27.7. The number of aliphatic hydroxyl groups is 1. The molecule has 0 bridgehead atoms. The summed E-state index contributed by atoms with van der Waals surface area (Å²) in [5.74, 6) is 0.346. The average molecular weight is 642 g/mol. The number of fused-ring (bicyclic) bond motifs is 1. The van der Waals surface area contributed by atoms with E-state index in [-0.39, 0.29) is 41.9 Å². The topological polar surface area (TPSA) is 99.2 Å². The number of rotatable bonds is 10. The van der Waals surface area contributed by atoms with E-state index in [1.165, 1.54) is 16.7 Å². The summed E-state index contributed by atoms with van der Waals surface area (Å²) in [5, 5.41) is 9.97. The van der Waals surface area contributed by atoms with Crippen LogP contribution >= 0.6 is 0 Å². The minimum atomic E-state index is -3.83. The normalized spacial score (nSPS) is 17.8. The molecule has 1 heterocycles. The van der Waals surface area contributed by atoms with Crippen LogP contribution in [0.25, 0.3) is 11.1 Å². The quantitative estimate of drug-likeness (QED) is 0.229. The van der Waals surface area contributed by atoms with Crippen molar-refractivity contribution in [1.29, 1.82) is 0 Å². The number of nitrogens with zero attached hydrogens (tertiary/aromatic N) is 2. The Morgan fingerprint density at radius 3 is 2.33 bits per heavy atom. The lowest BCUT2D eigenvalue weighted by molar-refractivity contribution is -0.134. The fourth-order valence-electron chi connectivity index (χ4n) is 5.76. The van der Waals surface area contributed by atoms with Gasteiger partial charge < -0.3 is 14.7 Å². The molecule has 0 radical (unpaired) electrons. The first kappa shape index (κ1) is 33.2. The summed E-state index contributed by atoms with van der Waals surface area (Å²) >= 11 is 0. The summed E-state index contributed by atoms with van der Waals surface area (Å²) < 4.78 is 35.5. The van der Waals surface area contributed by atoms with Gasteiger partial charge in [0.15, 0.2) is 0 Å². The second kappa shape index (κ2) is 14.5. The molecule has 0 aliphatic carbocycles. The number of hydrogen-bond acceptors (Lipinski definition) is 6. The molecule has 46 heavy (non-hydrogen) atoms. The van der Waals surface area contributed by atoms with Crippen molar-refractivity contribution in [1.82, 2.24) is 9.80 Å². The molecule has 8 nitrogen and oxygen atoms in total. The molecule has 0 fully saturated rings. The molecule has 2 N–H and O–H groups in total. The van der Waals surface area contributed by atoms with E-state index in [9.17, 15) is 18.3 Å². The van der Waals surface area contributed by atoms with E-state index in [0.717, 1.165) is 5.56 Å². The number of anilines is 1. The highest BCUT2D eigenvalue weighted by Gasteiger charge is 2.31. The van der Waals surface area contributed by atoms with Crippen LogP contribution in [0.1, 0.15) is 30.5 Å². The van der Waals surface area contributed by atoms with Crippen LogP contribution in [-0.2, 0) is 27.8 Å². The molecule has 1 amide bonds. The van der Waals surface area contributed by atoms with Gasteiger partial charge in [-0.1, -0.05) is 79.2 Å². The summed E-state index contributed by atoms with van der Waals surface area (Å²) in [6, 6.07) is 30.2. The van der Waals surface area contributed by atoms with E-state index in [1.807, 2.05) is 32.0 Å². The summed E-state index contributed by atoms with van der Waals surface area (Å²) in [6.45, 7) is 7.36. The monoisotopic (exact) mass is 641 g/mol. The lowest BCUT2D eigenvalue weighted by atomic mass is 10.0. The SMILES string of the molecule is Cc1ccc(S(=O)(=O)Nc2ccc3c(c2)CC(=O)N([C@H](C)CO)C[C@H](C)[C@H](CN(C)Cc2ccc(-c4ccccc4)cc2)O3)cc1. The van der Waals surface area contributed by atoms with Gasteiger partial charge in [-0.05, 0) is 67.9 Å². The van der Waals surface area contributed by atoms with Gasteiger partial charge in [0.05, 0.1) is 24.0 Å². The van der Waals surface area contributed by atoms with Crippen LogP contribution in [0, 0.1) is 12.8 Å². The van der Waals surface area contributed by atoms with Gasteiger partial charge in [0.25, 0.3) is 10.0 Å². The molecule has 1 aliphatic heterocycles. The number of nitrogens with one attached hydrogen (secondary N) is 1. The number of amides is 1. The fourth-order valence-corrected chi connectivity index (χ4v) is 6.81. The number of carbonyl (C=O) groups excluding carboxylic acids is 1. The Kier molecular flexibility index (Phi) is 10.5. The van der Waals surface area contributed by atoms with Gasteiger partial charge >= 0.3 is 0 Å². The maximum absolute atomic E-state index is 13.6. The number of aryl methyl sites for hydroxylation is 1. The van der Waals surface area contributed by atoms with E-state index in [2.05, 4.69) is 60.0 Å². The van der Waals surface area contributed by atoms with Crippen molar-refractivity contribution < 1.29 is 23.1 Å². The molecule has 0 unspecified atom stereocenters. The largest absolute Gasteiger partial charge is 0.488 e. The Morgan fingerprint density at radius 2 is 1.65 bits per heavy atom. The molecule has 5 rings (SSSR count). The molecule has 0 saturated heterocycles. The summed E-state index contributed by atoms with van der Waals surface area (Å²) in [5.41, 5.74) is 5.41. The first-order valence-corrected chi connectivity index (χ1v) is 17.1. The number of sulfonamides is 1. The average Bonchev–Trinajstić information content (AvgIpc) is 3.08. The van der Waals surface area contributed by atoms with Gasteiger partial charge in [0.1, 0.15) is 11.9 Å². The molecule has 0 spiro atoms. The maximum atomic E-state index is 13.6. The zero-order chi connectivity index (χ0) is 32.8. The van der Waals surface area contributed by atoms with E-state index in [4.69, 9.17) is 4.74 Å². The zero-order valence-electron chi connectivity index (χ0n) is 26.9. The molecular formula is C37H43N3O5S. The van der Waals surface area contributed by atoms with E-state index in [1.54, 1.807) is 47.4 Å². The third-order valence-corrected chi connectivity index (χ3v) is 9.90. The highest BCUT2D eigenvalue weighted by atomic mass is 32.2. The first-order valence-electron chi connectivity index (χ1n) is 15.6. The first-order chi connectivity index (χ1) is 22.0. The Labute approximate surface area is 272 Å². The Morgan fingerprint density at radius 1 is 0.978 bits per heavy atom. The molecule has 0 saturated carbocycles. The van der Waals surface area contributed by atoms with Crippen molar-refractivity contribution in [3.8, 4) is 16.9 Å². The van der Waals surface area contributed by atoms with Crippen LogP contribution in [0.3, 0.4) is 0 Å². The van der Waals surface area contributed by atoms with Crippen LogP contribution in [0.2, 0.25) is 0 Å². The van der Waals surface area contributed by atoms with Crippen LogP contribution in [-0.4, -0.2) is 68.1 Å². The smallest absolute Gasteiger partial charge is 0.261 e. The van der Waals surface area contributed by atoms with Crippen molar-refractivity contribution in [3.63, 3.8) is 0 Å². The van der Waals surface area contributed by atoms with Crippen LogP contribution in [0.4, 0.5) is 5.69 Å². The minimum Gasteiger partial charge on any atom is -0.488 e. The van der Waals surface area contributed by atoms with Crippen molar-refractivity contribution in [2.75, 3.05) is 31.5 Å². The van der Waals surface area contributed by atoms with E-state index >= 15 is 0 Å². The fraction of sp³-hybridized carbons (Fsp3) is 0.324. The van der Waals surface area contributed by atoms with Crippen molar-refractivity contribution in [2.45, 2.75) is 50.8 Å². The Balaban J connectivity index is 1.37. The van der Waals surface area contributed by atoms with Crippen LogP contribution in [0.15, 0.2) is 102 Å². The summed E-state index contributed by atoms with van der Waals surface area (Å²) in [6.07, 6.45) is -0.259. The Hall–Kier alpha value is -4.18. The molecule has 4 aromatic carbocycles. The van der Waals surface area contributed by atoms with Crippen molar-refractivity contribution >= 4 is 21.6 Å². The van der Waals surface area contributed by atoms with Gasteiger partial charge in [-0.3, -0.25) is 14.4 Å². The minimum absolute atomic E-state index is 0.0167. The molecule has 0 aromatic heterocycles. The number of likely N-dealkylation sites (N-methyl/N-ethyl adjacent to an activating group) is 1. The highest BCUT2D eigenvalue weighted by Crippen LogP contribution is 2.30. The second-order valence-electron chi connectivity index (χ2n) is 12.4. The van der Waals surface area contributed by atoms with Crippen molar-refractivity contribution in [3.05, 3.63) is 114 Å². The van der Waals surface area contributed by atoms with Crippen molar-refractivity contribution in [2.24, 2.45) is 5.92 Å². The van der Waals surface area contributed by atoms with Gasteiger partial charge in [0, 0.05) is 36.8 Å². The van der Waals surface area contributed by atoms with Crippen LogP contribution in [0.5, 0.6) is 5.75 Å². The molecule has 4 aromatic rings. The third kappa shape index (κ3) is 8.15. The summed E-state index contributed by atoms with van der Waals surface area (Å²) in [4.78, 5) is 17.7. The molecule has 9 heteroatoms. The van der Waals surface area contributed by atoms with Gasteiger partial charge in [-0.15, -0.1) is 0 Å². The molecule has 3 atom stereocenters. The lowest BCUT2D eigenvalue weighted by Crippen LogP contribution is -2.47. The number of hydrogen-bond donors (Lipinski definition) is 2. The molecule has 242 valence electrons. The highest BCUT2D eigenvalue weighted by molar-refractivity contribution is 7.92. The predicted octanol–water partition coefficient (Wildman–Crippen LogP) is 5.74. The predicted molar refractivity (Wildman–Crippen MR) is 182 cm³/mol. The van der Waals surface area contributed by atoms with E-state index < -0.39 is 10.0 Å². The lowest BCUT2D eigenvalue weighted by Gasteiger charge is -2.34. The number of benzene rings is 4. The second-order valence-corrected chi connectivity index (χ2v) is 14.1. The molecular weight excluding hydrogens is 598 g/mol. The molecule has 1 aliphatic rings. The number of carbonyl (C=O) groups is 1. The number of aliphatic hydroxyl groups excluding tert-OH is 1. The van der Waals surface area contributed by atoms with Gasteiger partial charge in [-0.25, -0.2) is 8.42 Å². The standard InChI is InChI=1S/C37H43N3O5S/c1-26-10-17-34(18-11-26)46(43,44)38-33-16-19-35-32(20-33)21-37(42)40(28(3)25-41)22-27(2)36(45-35)24-39(4)23-29-12-14-31(15-13-29)30-8-6-5-7-9-30/h5-20,27-28,36,38,41H,21-25H2,1-4H3/t27-,28+,36-/m0/s1. The Bertz CT molecular complexity index is 1730. The van der Waals surface area contributed by atoms with E-state index in [0.29, 0.717) is 36.6 Å². The number of ether oxygens (including phenoxy) is 1. The van der Waals surface area contributed by atoms with Gasteiger partial charge in [-0.2, -0.15) is 0 Å². The maximum Gasteiger partial charge on any atom is 0.261 e. The third-order valence-electron chi connectivity index (χ3n) is 8.51.